The summed E-state index contributed by atoms with van der Waals surface area (Å²) in [5.74, 6) is 0.444. The second-order valence-corrected chi connectivity index (χ2v) is 8.33. The number of carbonyl (C=O) groups excluding carboxylic acids is 2. The summed E-state index contributed by atoms with van der Waals surface area (Å²) < 4.78 is 16.8. The maximum absolute atomic E-state index is 12.6. The smallest absolute Gasteiger partial charge is 0.345 e. The van der Waals surface area contributed by atoms with Gasteiger partial charge in [0.25, 0.3) is 5.91 Å². The molecule has 1 N–H and O–H groups in total. The molecule has 8 heteroatoms. The summed E-state index contributed by atoms with van der Waals surface area (Å²) in [6.45, 7) is 11.0. The molecule has 1 aliphatic rings. The molecule has 0 bridgehead atoms. The van der Waals surface area contributed by atoms with Gasteiger partial charge in [-0.1, -0.05) is 0 Å². The van der Waals surface area contributed by atoms with E-state index < -0.39 is 5.97 Å². The lowest BCUT2D eigenvalue weighted by molar-refractivity contribution is 0.0517. The average molecular weight is 470 g/mol. The number of esters is 1. The fraction of sp³-hybridized carbons (Fsp3) is 0.500. The molecule has 2 aromatic rings. The zero-order valence-corrected chi connectivity index (χ0v) is 20.6. The molecule has 0 saturated carbocycles. The van der Waals surface area contributed by atoms with E-state index in [0.717, 1.165) is 37.1 Å². The summed E-state index contributed by atoms with van der Waals surface area (Å²) in [7, 11) is 0. The van der Waals surface area contributed by atoms with Crippen LogP contribution in [0.1, 0.15) is 65.5 Å². The lowest BCUT2D eigenvalue weighted by Crippen LogP contribution is -2.44. The molecule has 0 aliphatic carbocycles. The Kier molecular flexibility index (Phi) is 9.27. The fourth-order valence-electron chi connectivity index (χ4n) is 4.12. The third kappa shape index (κ3) is 6.70. The number of aromatic nitrogens is 1. The number of benzene rings is 1. The second-order valence-electron chi connectivity index (χ2n) is 8.33. The molecule has 0 radical (unpaired) electrons. The number of pyridine rings is 1. The molecule has 0 atom stereocenters. The van der Waals surface area contributed by atoms with Crippen molar-refractivity contribution < 1.29 is 23.8 Å². The van der Waals surface area contributed by atoms with Gasteiger partial charge in [-0.05, 0) is 69.9 Å². The van der Waals surface area contributed by atoms with Gasteiger partial charge < -0.3 is 19.5 Å². The van der Waals surface area contributed by atoms with Gasteiger partial charge >= 0.3 is 5.97 Å². The first-order chi connectivity index (χ1) is 16.4. The highest BCUT2D eigenvalue weighted by atomic mass is 16.5. The monoisotopic (exact) mass is 469 g/mol. The Morgan fingerprint density at radius 1 is 1.00 bits per heavy atom. The van der Waals surface area contributed by atoms with Crippen molar-refractivity contribution >= 4 is 11.9 Å². The quantitative estimate of drug-likeness (QED) is 0.530. The first-order valence-corrected chi connectivity index (χ1v) is 12.0. The molecule has 1 fully saturated rings. The molecule has 34 heavy (non-hydrogen) atoms. The summed E-state index contributed by atoms with van der Waals surface area (Å²) in [6.07, 6.45) is 5.07. The van der Waals surface area contributed by atoms with Crippen molar-refractivity contribution in [3.8, 4) is 11.5 Å². The summed E-state index contributed by atoms with van der Waals surface area (Å²) in [4.78, 5) is 31.5. The van der Waals surface area contributed by atoms with Gasteiger partial charge in [-0.2, -0.15) is 0 Å². The predicted molar refractivity (Wildman–Crippen MR) is 129 cm³/mol. The molecule has 3 rings (SSSR count). The van der Waals surface area contributed by atoms with E-state index in [9.17, 15) is 9.59 Å². The number of nitrogens with zero attached hydrogens (tertiary/aromatic N) is 2. The summed E-state index contributed by atoms with van der Waals surface area (Å²) in [5.41, 5.74) is 2.90. The molecule has 1 aromatic carbocycles. The van der Waals surface area contributed by atoms with Crippen LogP contribution in [0.5, 0.6) is 11.5 Å². The van der Waals surface area contributed by atoms with Gasteiger partial charge in [-0.25, -0.2) is 4.79 Å². The van der Waals surface area contributed by atoms with Crippen LogP contribution in [-0.2, 0) is 11.3 Å². The van der Waals surface area contributed by atoms with Crippen molar-refractivity contribution in [2.24, 2.45) is 0 Å². The van der Waals surface area contributed by atoms with E-state index >= 15 is 0 Å². The molecule has 184 valence electrons. The molecule has 0 spiro atoms. The predicted octanol–water partition coefficient (Wildman–Crippen LogP) is 3.76. The van der Waals surface area contributed by atoms with E-state index in [2.05, 4.69) is 15.2 Å². The summed E-state index contributed by atoms with van der Waals surface area (Å²) in [5, 5.41) is 3.13. The van der Waals surface area contributed by atoms with Gasteiger partial charge in [0.1, 0.15) is 17.1 Å². The summed E-state index contributed by atoms with van der Waals surface area (Å²) >= 11 is 0. The van der Waals surface area contributed by atoms with Crippen molar-refractivity contribution in [2.75, 3.05) is 32.9 Å². The zero-order chi connectivity index (χ0) is 24.5. The van der Waals surface area contributed by atoms with E-state index in [4.69, 9.17) is 14.2 Å². The van der Waals surface area contributed by atoms with Crippen LogP contribution in [0.25, 0.3) is 0 Å². The highest BCUT2D eigenvalue weighted by Gasteiger charge is 2.25. The van der Waals surface area contributed by atoms with Crippen LogP contribution in [0.15, 0.2) is 30.6 Å². The number of likely N-dealkylation sites (tertiary alicyclic amines) is 1. The Labute approximate surface area is 201 Å². The maximum Gasteiger partial charge on any atom is 0.345 e. The Morgan fingerprint density at radius 3 is 2.21 bits per heavy atom. The number of aryl methyl sites for hydroxylation is 1. The summed E-state index contributed by atoms with van der Waals surface area (Å²) in [6, 6.07) is 5.78. The molecule has 0 unspecified atom stereocenters. The number of piperidine rings is 1. The van der Waals surface area contributed by atoms with Crippen LogP contribution in [0.4, 0.5) is 0 Å². The van der Waals surface area contributed by atoms with Crippen molar-refractivity contribution in [1.82, 2.24) is 15.2 Å². The standard InChI is InChI=1S/C26H35N3O5/c1-5-32-22-13-19(14-23(33-6-2)24(22)26(31)34-7-3)17-29-10-8-21(9-11-29)28-25(30)20-12-18(4)15-27-16-20/h12-16,21H,5-11,17H2,1-4H3,(H,28,30). The first-order valence-electron chi connectivity index (χ1n) is 12.0. The van der Waals surface area contributed by atoms with Crippen molar-refractivity contribution in [2.45, 2.75) is 53.1 Å². The topological polar surface area (TPSA) is 90.0 Å². The highest BCUT2D eigenvalue weighted by Crippen LogP contribution is 2.33. The lowest BCUT2D eigenvalue weighted by atomic mass is 10.0. The number of hydrogen-bond donors (Lipinski definition) is 1. The minimum Gasteiger partial charge on any atom is -0.493 e. The first kappa shape index (κ1) is 25.5. The fourth-order valence-corrected chi connectivity index (χ4v) is 4.12. The lowest BCUT2D eigenvalue weighted by Gasteiger charge is -2.32. The van der Waals surface area contributed by atoms with Crippen molar-refractivity contribution in [3.63, 3.8) is 0 Å². The number of ether oxygens (including phenoxy) is 3. The zero-order valence-electron chi connectivity index (χ0n) is 20.6. The minimum absolute atomic E-state index is 0.0769. The van der Waals surface area contributed by atoms with Crippen LogP contribution in [0, 0.1) is 6.92 Å². The molecule has 8 nitrogen and oxygen atoms in total. The molecular formula is C26H35N3O5. The molecular weight excluding hydrogens is 434 g/mol. The van der Waals surface area contributed by atoms with Crippen LogP contribution in [0.3, 0.4) is 0 Å². The maximum atomic E-state index is 12.6. The van der Waals surface area contributed by atoms with E-state index in [-0.39, 0.29) is 18.6 Å². The minimum atomic E-state index is -0.443. The van der Waals surface area contributed by atoms with Gasteiger partial charge in [0.05, 0.1) is 25.4 Å². The number of carbonyl (C=O) groups is 2. The van der Waals surface area contributed by atoms with Gasteiger partial charge in [0.15, 0.2) is 0 Å². The number of hydrogen-bond acceptors (Lipinski definition) is 7. The Hall–Kier alpha value is -3.13. The Morgan fingerprint density at radius 2 is 1.65 bits per heavy atom. The van der Waals surface area contributed by atoms with Crippen LogP contribution in [-0.4, -0.2) is 60.7 Å². The van der Waals surface area contributed by atoms with Crippen LogP contribution >= 0.6 is 0 Å². The Balaban J connectivity index is 1.65. The van der Waals surface area contributed by atoms with Crippen LogP contribution in [0.2, 0.25) is 0 Å². The SMILES string of the molecule is CCOC(=O)c1c(OCC)cc(CN2CCC(NC(=O)c3cncc(C)c3)CC2)cc1OCC. The average Bonchev–Trinajstić information content (AvgIpc) is 2.81. The van der Waals surface area contributed by atoms with Gasteiger partial charge in [-0.15, -0.1) is 0 Å². The van der Waals surface area contributed by atoms with Gasteiger partial charge in [-0.3, -0.25) is 14.7 Å². The van der Waals surface area contributed by atoms with Gasteiger partial charge in [0.2, 0.25) is 0 Å². The number of amides is 1. The van der Waals surface area contributed by atoms with E-state index in [0.29, 0.717) is 42.4 Å². The van der Waals surface area contributed by atoms with Crippen molar-refractivity contribution in [3.05, 3.63) is 52.8 Å². The number of rotatable bonds is 10. The second kappa shape index (κ2) is 12.4. The Bertz CT molecular complexity index is 959. The van der Waals surface area contributed by atoms with E-state index in [1.165, 1.54) is 0 Å². The largest absolute Gasteiger partial charge is 0.493 e. The third-order valence-corrected chi connectivity index (χ3v) is 5.67. The van der Waals surface area contributed by atoms with E-state index in [1.54, 1.807) is 19.3 Å². The third-order valence-electron chi connectivity index (χ3n) is 5.67. The molecule has 1 aromatic heterocycles. The molecule has 1 saturated heterocycles. The van der Waals surface area contributed by atoms with Gasteiger partial charge in [0, 0.05) is 38.1 Å². The molecule has 1 amide bonds. The highest BCUT2D eigenvalue weighted by molar-refractivity contribution is 5.96. The van der Waals surface area contributed by atoms with E-state index in [1.807, 2.05) is 39.0 Å². The molecule has 1 aliphatic heterocycles. The van der Waals surface area contributed by atoms with Crippen molar-refractivity contribution in [1.29, 1.82) is 0 Å². The normalized spacial score (nSPS) is 14.5. The molecule has 2 heterocycles. The van der Waals surface area contributed by atoms with Crippen LogP contribution < -0.4 is 14.8 Å². The number of nitrogens with one attached hydrogen (secondary N) is 1.